The van der Waals surface area contributed by atoms with Crippen LogP contribution in [-0.4, -0.2) is 28.1 Å². The predicted molar refractivity (Wildman–Crippen MR) is 109 cm³/mol. The van der Waals surface area contributed by atoms with Crippen molar-refractivity contribution in [1.82, 2.24) is 10.2 Å². The molecule has 1 aromatic carbocycles. The highest BCUT2D eigenvalue weighted by molar-refractivity contribution is 9.11. The standard InChI is InChI=1S/C16H13Br2N3O2S2/c1-3-11-20-21-16(25-11)12-13(22)10(24-15(12)19)6-7-4-8(17)14(23-2)9(18)5-7/h4-6,12,19H,3H2,1-2H3/b10-6-,19-15?/t12-/m0/s1. The summed E-state index contributed by atoms with van der Waals surface area (Å²) in [6.07, 6.45) is 2.56. The average molecular weight is 503 g/mol. The van der Waals surface area contributed by atoms with E-state index in [1.807, 2.05) is 19.1 Å². The van der Waals surface area contributed by atoms with Crippen LogP contribution < -0.4 is 4.74 Å². The number of halogens is 2. The topological polar surface area (TPSA) is 75.9 Å². The maximum atomic E-state index is 12.8. The lowest BCUT2D eigenvalue weighted by molar-refractivity contribution is -0.114. The molecule has 0 saturated carbocycles. The summed E-state index contributed by atoms with van der Waals surface area (Å²) in [5.41, 5.74) is 0.843. The third-order valence-corrected chi connectivity index (χ3v) is 6.85. The number of thioether (sulfide) groups is 1. The van der Waals surface area contributed by atoms with Gasteiger partial charge in [-0.05, 0) is 62.1 Å². The van der Waals surface area contributed by atoms with E-state index in [4.69, 9.17) is 10.1 Å². The number of aryl methyl sites for hydroxylation is 1. The monoisotopic (exact) mass is 501 g/mol. The zero-order valence-corrected chi connectivity index (χ0v) is 18.1. The Morgan fingerprint density at radius 1 is 1.32 bits per heavy atom. The average Bonchev–Trinajstić information content (AvgIpc) is 3.12. The SMILES string of the molecule is CCc1nnc([C@@H]2C(=N)S/C(=C\c3cc(Br)c(OC)c(Br)c3)C2=O)s1. The number of hydrogen-bond acceptors (Lipinski definition) is 7. The van der Waals surface area contributed by atoms with Crippen LogP contribution in [0.4, 0.5) is 0 Å². The van der Waals surface area contributed by atoms with E-state index in [-0.39, 0.29) is 5.78 Å². The lowest BCUT2D eigenvalue weighted by atomic mass is 10.1. The molecule has 5 nitrogen and oxygen atoms in total. The molecule has 2 aromatic rings. The van der Waals surface area contributed by atoms with Gasteiger partial charge in [-0.25, -0.2) is 0 Å². The van der Waals surface area contributed by atoms with Gasteiger partial charge in [0.2, 0.25) is 0 Å². The van der Waals surface area contributed by atoms with Crippen molar-refractivity contribution in [3.8, 4) is 5.75 Å². The normalized spacial score (nSPS) is 19.0. The molecule has 0 spiro atoms. The first kappa shape index (κ1) is 18.8. The Morgan fingerprint density at radius 3 is 2.56 bits per heavy atom. The summed E-state index contributed by atoms with van der Waals surface area (Å²) in [4.78, 5) is 13.3. The van der Waals surface area contributed by atoms with E-state index in [1.54, 1.807) is 13.2 Å². The van der Waals surface area contributed by atoms with Crippen molar-refractivity contribution in [1.29, 1.82) is 5.41 Å². The van der Waals surface area contributed by atoms with Gasteiger partial charge >= 0.3 is 0 Å². The van der Waals surface area contributed by atoms with Crippen LogP contribution in [0.15, 0.2) is 26.0 Å². The van der Waals surface area contributed by atoms with Crippen LogP contribution >= 0.6 is 55.0 Å². The van der Waals surface area contributed by atoms with Gasteiger partial charge in [-0.3, -0.25) is 10.2 Å². The zero-order valence-electron chi connectivity index (χ0n) is 13.3. The molecular weight excluding hydrogens is 490 g/mol. The number of hydrogen-bond donors (Lipinski definition) is 1. The quantitative estimate of drug-likeness (QED) is 0.592. The van der Waals surface area contributed by atoms with Crippen LogP contribution in [0.1, 0.15) is 28.4 Å². The predicted octanol–water partition coefficient (Wildman–Crippen LogP) is 5.05. The van der Waals surface area contributed by atoms with Crippen LogP contribution in [-0.2, 0) is 11.2 Å². The summed E-state index contributed by atoms with van der Waals surface area (Å²) in [5.74, 6) is -0.0322. The van der Waals surface area contributed by atoms with Crippen molar-refractivity contribution in [2.75, 3.05) is 7.11 Å². The molecule has 3 rings (SSSR count). The molecular formula is C16H13Br2N3O2S2. The second-order valence-electron chi connectivity index (χ2n) is 5.18. The molecule has 0 radical (unpaired) electrons. The van der Waals surface area contributed by atoms with Crippen molar-refractivity contribution >= 4 is 71.9 Å². The molecule has 130 valence electrons. The first-order valence-corrected chi connectivity index (χ1v) is 10.5. The summed E-state index contributed by atoms with van der Waals surface area (Å²) in [7, 11) is 1.60. The Hall–Kier alpha value is -1.03. The van der Waals surface area contributed by atoms with Crippen molar-refractivity contribution in [3.05, 3.63) is 41.6 Å². The molecule has 0 unspecified atom stereocenters. The highest BCUT2D eigenvalue weighted by Gasteiger charge is 2.39. The minimum Gasteiger partial charge on any atom is -0.494 e. The maximum absolute atomic E-state index is 12.8. The third kappa shape index (κ3) is 3.74. The highest BCUT2D eigenvalue weighted by atomic mass is 79.9. The Labute approximate surface area is 170 Å². The molecule has 25 heavy (non-hydrogen) atoms. The molecule has 1 N–H and O–H groups in total. The van der Waals surface area contributed by atoms with Crippen molar-refractivity contribution in [3.63, 3.8) is 0 Å². The molecule has 2 heterocycles. The number of carbonyl (C=O) groups is 1. The summed E-state index contributed by atoms with van der Waals surface area (Å²) in [6.45, 7) is 1.99. The lowest BCUT2D eigenvalue weighted by Gasteiger charge is -2.07. The summed E-state index contributed by atoms with van der Waals surface area (Å²) in [6, 6.07) is 3.75. The number of methoxy groups -OCH3 is 1. The fourth-order valence-corrected chi connectivity index (χ4v) is 5.85. The summed E-state index contributed by atoms with van der Waals surface area (Å²) in [5, 5.41) is 18.1. The fraction of sp³-hybridized carbons (Fsp3) is 0.250. The highest BCUT2D eigenvalue weighted by Crippen LogP contribution is 2.42. The first-order chi connectivity index (χ1) is 11.9. The number of allylic oxidation sites excluding steroid dienone is 1. The zero-order chi connectivity index (χ0) is 18.1. The molecule has 1 saturated heterocycles. The number of nitrogens with zero attached hydrogens (tertiary/aromatic N) is 2. The van der Waals surface area contributed by atoms with Crippen LogP contribution in [0, 0.1) is 5.41 Å². The molecule has 1 fully saturated rings. The van der Waals surface area contributed by atoms with Crippen LogP contribution in [0.5, 0.6) is 5.75 Å². The number of rotatable bonds is 4. The molecule has 0 aliphatic carbocycles. The number of nitrogens with one attached hydrogen (secondary N) is 1. The minimum absolute atomic E-state index is 0.100. The van der Waals surface area contributed by atoms with Gasteiger partial charge in [-0.2, -0.15) is 0 Å². The third-order valence-electron chi connectivity index (χ3n) is 3.54. The lowest BCUT2D eigenvalue weighted by Crippen LogP contribution is -2.11. The van der Waals surface area contributed by atoms with Crippen LogP contribution in [0.3, 0.4) is 0 Å². The smallest absolute Gasteiger partial charge is 0.186 e. The molecule has 1 aliphatic heterocycles. The molecule has 0 bridgehead atoms. The maximum Gasteiger partial charge on any atom is 0.186 e. The van der Waals surface area contributed by atoms with Gasteiger partial charge in [0.15, 0.2) is 5.78 Å². The Kier molecular flexibility index (Phi) is 5.77. The largest absolute Gasteiger partial charge is 0.494 e. The van der Waals surface area contributed by atoms with E-state index in [9.17, 15) is 4.79 Å². The number of Topliss-reactive ketones (excluding diaryl/α,β-unsaturated/α-hetero) is 1. The molecule has 1 aliphatic rings. The molecule has 1 aromatic heterocycles. The molecule has 0 amide bonds. The van der Waals surface area contributed by atoms with Crippen molar-refractivity contribution in [2.45, 2.75) is 19.3 Å². The van der Waals surface area contributed by atoms with Gasteiger partial charge in [0.05, 0.1) is 26.0 Å². The van der Waals surface area contributed by atoms with Gasteiger partial charge in [0, 0.05) is 0 Å². The number of benzene rings is 1. The first-order valence-electron chi connectivity index (χ1n) is 7.32. The minimum atomic E-state index is -0.626. The molecule has 9 heteroatoms. The second kappa shape index (κ2) is 7.69. The Bertz CT molecular complexity index is 872. The van der Waals surface area contributed by atoms with Gasteiger partial charge in [-0.15, -0.1) is 21.5 Å². The fourth-order valence-electron chi connectivity index (χ4n) is 2.35. The van der Waals surface area contributed by atoms with Crippen LogP contribution in [0.25, 0.3) is 6.08 Å². The Balaban J connectivity index is 1.93. The van der Waals surface area contributed by atoms with Gasteiger partial charge in [-0.1, -0.05) is 18.7 Å². The Morgan fingerprint density at radius 2 is 2.00 bits per heavy atom. The van der Waals surface area contributed by atoms with Crippen molar-refractivity contribution < 1.29 is 9.53 Å². The van der Waals surface area contributed by atoms with Crippen molar-refractivity contribution in [2.24, 2.45) is 0 Å². The summed E-state index contributed by atoms with van der Waals surface area (Å²) >= 11 is 9.50. The van der Waals surface area contributed by atoms with E-state index < -0.39 is 5.92 Å². The van der Waals surface area contributed by atoms with Gasteiger partial charge in [0.25, 0.3) is 0 Å². The number of ether oxygens (including phenoxy) is 1. The second-order valence-corrected chi connectivity index (χ2v) is 9.06. The summed E-state index contributed by atoms with van der Waals surface area (Å²) < 4.78 is 6.87. The number of aromatic nitrogens is 2. The van der Waals surface area contributed by atoms with E-state index in [2.05, 4.69) is 42.1 Å². The number of ketones is 1. The van der Waals surface area contributed by atoms with Gasteiger partial charge < -0.3 is 4.74 Å². The van der Waals surface area contributed by atoms with E-state index >= 15 is 0 Å². The number of carbonyl (C=O) groups excluding carboxylic acids is 1. The molecule has 1 atom stereocenters. The van der Waals surface area contributed by atoms with E-state index in [0.29, 0.717) is 20.7 Å². The van der Waals surface area contributed by atoms with E-state index in [0.717, 1.165) is 25.9 Å². The van der Waals surface area contributed by atoms with Crippen LogP contribution in [0.2, 0.25) is 0 Å². The van der Waals surface area contributed by atoms with Gasteiger partial charge in [0.1, 0.15) is 21.7 Å². The van der Waals surface area contributed by atoms with E-state index in [1.165, 1.54) is 23.1 Å².